The number of nitrogens with two attached hydrogens (primary N) is 1. The molecule has 0 atom stereocenters. The molecule has 0 aromatic heterocycles. The molecule has 1 aromatic carbocycles. The second-order valence-corrected chi connectivity index (χ2v) is 4.91. The van der Waals surface area contributed by atoms with Crippen LogP contribution in [0, 0.1) is 0 Å². The second-order valence-electron chi connectivity index (χ2n) is 3.99. The van der Waals surface area contributed by atoms with Crippen molar-refractivity contribution < 1.29 is 9.57 Å². The number of anilines is 1. The van der Waals surface area contributed by atoms with Crippen LogP contribution in [0.15, 0.2) is 22.7 Å². The molecule has 94 valence electrons. The molecule has 2 rings (SSSR count). The topological polar surface area (TPSA) is 47.7 Å². The summed E-state index contributed by atoms with van der Waals surface area (Å²) in [7, 11) is 0. The fourth-order valence-corrected chi connectivity index (χ4v) is 2.44. The first kappa shape index (κ1) is 12.8. The zero-order valence-electron chi connectivity index (χ0n) is 9.69. The number of morpholine rings is 1. The molecular weight excluding hydrogens is 284 g/mol. The number of halogens is 1. The van der Waals surface area contributed by atoms with Crippen LogP contribution in [-0.2, 0) is 16.0 Å². The zero-order valence-corrected chi connectivity index (χ0v) is 11.3. The lowest BCUT2D eigenvalue weighted by atomic mass is 10.1. The van der Waals surface area contributed by atoms with Crippen molar-refractivity contribution in [3.63, 3.8) is 0 Å². The van der Waals surface area contributed by atoms with Crippen molar-refractivity contribution in [2.75, 3.05) is 37.8 Å². The largest absolute Gasteiger partial charge is 0.378 e. The quantitative estimate of drug-likeness (QED) is 0.860. The van der Waals surface area contributed by atoms with Gasteiger partial charge in [-0.15, -0.1) is 0 Å². The number of rotatable bonds is 4. The molecule has 1 saturated heterocycles. The summed E-state index contributed by atoms with van der Waals surface area (Å²) in [6.07, 6.45) is 0.822. The average molecular weight is 301 g/mol. The molecular formula is C12H17BrN2O2. The summed E-state index contributed by atoms with van der Waals surface area (Å²) in [5.74, 6) is 5.10. The highest BCUT2D eigenvalue weighted by atomic mass is 79.9. The van der Waals surface area contributed by atoms with Crippen molar-refractivity contribution in [3.05, 3.63) is 28.2 Å². The van der Waals surface area contributed by atoms with E-state index in [1.807, 2.05) is 0 Å². The predicted molar refractivity (Wildman–Crippen MR) is 71.0 cm³/mol. The van der Waals surface area contributed by atoms with Gasteiger partial charge in [-0.2, -0.15) is 0 Å². The van der Waals surface area contributed by atoms with E-state index >= 15 is 0 Å². The Morgan fingerprint density at radius 1 is 1.35 bits per heavy atom. The number of nitrogens with zero attached hydrogens (tertiary/aromatic N) is 1. The molecule has 0 radical (unpaired) electrons. The van der Waals surface area contributed by atoms with Gasteiger partial charge in [0.05, 0.1) is 19.8 Å². The summed E-state index contributed by atoms with van der Waals surface area (Å²) in [5.41, 5.74) is 2.51. The minimum Gasteiger partial charge on any atom is -0.378 e. The minimum atomic E-state index is 0.536. The molecule has 0 spiro atoms. The molecule has 4 nitrogen and oxygen atoms in total. The molecule has 0 unspecified atom stereocenters. The van der Waals surface area contributed by atoms with Gasteiger partial charge in [-0.1, -0.05) is 15.9 Å². The van der Waals surface area contributed by atoms with E-state index in [-0.39, 0.29) is 0 Å². The van der Waals surface area contributed by atoms with Gasteiger partial charge in [-0.05, 0) is 30.2 Å². The van der Waals surface area contributed by atoms with E-state index in [0.717, 1.165) is 37.2 Å². The summed E-state index contributed by atoms with van der Waals surface area (Å²) in [4.78, 5) is 7.02. The van der Waals surface area contributed by atoms with Gasteiger partial charge < -0.3 is 14.5 Å². The standard InChI is InChI=1S/C12H17BrN2O2/c13-11-1-2-12(10(9-11)3-6-17-14)15-4-7-16-8-5-15/h1-2,9H,3-8,14H2. The molecule has 5 heteroatoms. The van der Waals surface area contributed by atoms with Crippen LogP contribution in [0.25, 0.3) is 0 Å². The van der Waals surface area contributed by atoms with Gasteiger partial charge in [-0.3, -0.25) is 0 Å². The predicted octanol–water partition coefficient (Wildman–Crippen LogP) is 1.72. The third-order valence-electron chi connectivity index (χ3n) is 2.88. The highest BCUT2D eigenvalue weighted by Crippen LogP contribution is 2.25. The van der Waals surface area contributed by atoms with Gasteiger partial charge in [0.15, 0.2) is 0 Å². The van der Waals surface area contributed by atoms with E-state index in [0.29, 0.717) is 6.61 Å². The van der Waals surface area contributed by atoms with Crippen molar-refractivity contribution in [1.82, 2.24) is 0 Å². The van der Waals surface area contributed by atoms with E-state index in [9.17, 15) is 0 Å². The summed E-state index contributed by atoms with van der Waals surface area (Å²) in [6.45, 7) is 4.01. The first-order valence-corrected chi connectivity index (χ1v) is 6.53. The van der Waals surface area contributed by atoms with Crippen LogP contribution in [0.4, 0.5) is 5.69 Å². The van der Waals surface area contributed by atoms with Crippen molar-refractivity contribution in [2.45, 2.75) is 6.42 Å². The lowest BCUT2D eigenvalue weighted by Gasteiger charge is -2.30. The van der Waals surface area contributed by atoms with Crippen LogP contribution in [0.1, 0.15) is 5.56 Å². The third-order valence-corrected chi connectivity index (χ3v) is 3.38. The Labute approximate surface area is 110 Å². The molecule has 0 saturated carbocycles. The molecule has 1 aliphatic rings. The average Bonchev–Trinajstić information content (AvgIpc) is 2.37. The molecule has 1 aliphatic heterocycles. The van der Waals surface area contributed by atoms with Gasteiger partial charge >= 0.3 is 0 Å². The molecule has 1 aromatic rings. The van der Waals surface area contributed by atoms with E-state index in [4.69, 9.17) is 10.6 Å². The Bertz CT molecular complexity index is 368. The van der Waals surface area contributed by atoms with Gasteiger partial charge in [0.25, 0.3) is 0 Å². The number of hydrogen-bond donors (Lipinski definition) is 1. The van der Waals surface area contributed by atoms with Crippen LogP contribution < -0.4 is 10.8 Å². The van der Waals surface area contributed by atoms with Crippen LogP contribution in [0.3, 0.4) is 0 Å². The van der Waals surface area contributed by atoms with Crippen molar-refractivity contribution in [3.8, 4) is 0 Å². The molecule has 0 aliphatic carbocycles. The number of ether oxygens (including phenoxy) is 1. The normalized spacial score (nSPS) is 16.2. The molecule has 1 heterocycles. The maximum atomic E-state index is 5.37. The summed E-state index contributed by atoms with van der Waals surface area (Å²) < 4.78 is 6.46. The zero-order chi connectivity index (χ0) is 12.1. The lowest BCUT2D eigenvalue weighted by molar-refractivity contribution is 0.122. The lowest BCUT2D eigenvalue weighted by Crippen LogP contribution is -2.36. The van der Waals surface area contributed by atoms with Gasteiger partial charge in [0.1, 0.15) is 0 Å². The Morgan fingerprint density at radius 3 is 2.82 bits per heavy atom. The first-order chi connectivity index (χ1) is 8.31. The third kappa shape index (κ3) is 3.42. The summed E-state index contributed by atoms with van der Waals surface area (Å²) in [5, 5.41) is 0. The summed E-state index contributed by atoms with van der Waals surface area (Å²) in [6, 6.07) is 6.34. The molecule has 17 heavy (non-hydrogen) atoms. The monoisotopic (exact) mass is 300 g/mol. The number of benzene rings is 1. The Kier molecular flexibility index (Phi) is 4.79. The number of hydrogen-bond acceptors (Lipinski definition) is 4. The SMILES string of the molecule is NOCCc1cc(Br)ccc1N1CCOCC1. The van der Waals surface area contributed by atoms with E-state index in [1.54, 1.807) is 0 Å². The second kappa shape index (κ2) is 6.35. The van der Waals surface area contributed by atoms with Gasteiger partial charge in [0.2, 0.25) is 0 Å². The van der Waals surface area contributed by atoms with Crippen LogP contribution in [0.5, 0.6) is 0 Å². The smallest absolute Gasteiger partial charge is 0.0720 e. The van der Waals surface area contributed by atoms with Gasteiger partial charge in [0, 0.05) is 23.2 Å². The van der Waals surface area contributed by atoms with Crippen LogP contribution in [0.2, 0.25) is 0 Å². The van der Waals surface area contributed by atoms with Crippen LogP contribution >= 0.6 is 15.9 Å². The molecule has 1 fully saturated rings. The van der Waals surface area contributed by atoms with Crippen molar-refractivity contribution in [1.29, 1.82) is 0 Å². The Hall–Kier alpha value is -0.620. The van der Waals surface area contributed by atoms with E-state index in [1.165, 1.54) is 11.3 Å². The Balaban J connectivity index is 2.18. The first-order valence-electron chi connectivity index (χ1n) is 5.74. The Morgan fingerprint density at radius 2 is 2.12 bits per heavy atom. The molecule has 2 N–H and O–H groups in total. The highest BCUT2D eigenvalue weighted by molar-refractivity contribution is 9.10. The molecule has 0 bridgehead atoms. The van der Waals surface area contributed by atoms with E-state index in [2.05, 4.69) is 43.9 Å². The van der Waals surface area contributed by atoms with Crippen molar-refractivity contribution in [2.24, 2.45) is 5.90 Å². The fraction of sp³-hybridized carbons (Fsp3) is 0.500. The highest BCUT2D eigenvalue weighted by Gasteiger charge is 2.14. The van der Waals surface area contributed by atoms with E-state index < -0.39 is 0 Å². The van der Waals surface area contributed by atoms with Crippen LogP contribution in [-0.4, -0.2) is 32.9 Å². The summed E-state index contributed by atoms with van der Waals surface area (Å²) >= 11 is 3.50. The minimum absolute atomic E-state index is 0.536. The maximum Gasteiger partial charge on any atom is 0.0720 e. The molecule has 0 amide bonds. The van der Waals surface area contributed by atoms with Crippen molar-refractivity contribution >= 4 is 21.6 Å². The maximum absolute atomic E-state index is 5.37. The van der Waals surface area contributed by atoms with Gasteiger partial charge in [-0.25, -0.2) is 5.90 Å². The fourth-order valence-electron chi connectivity index (χ4n) is 2.04.